The Kier molecular flexibility index (Phi) is 2.76. The number of hydrogen-bond acceptors (Lipinski definition) is 1. The average Bonchev–Trinajstić information content (AvgIpc) is 2.62. The summed E-state index contributed by atoms with van der Waals surface area (Å²) in [4.78, 5) is 0. The second-order valence-electron chi connectivity index (χ2n) is 4.10. The molecule has 0 fully saturated rings. The van der Waals surface area contributed by atoms with Crippen molar-refractivity contribution >= 4 is 10.9 Å². The van der Waals surface area contributed by atoms with Crippen molar-refractivity contribution in [3.8, 4) is 0 Å². The third-order valence-corrected chi connectivity index (χ3v) is 3.23. The van der Waals surface area contributed by atoms with Gasteiger partial charge in [-0.15, -0.1) is 0 Å². The quantitative estimate of drug-likeness (QED) is 0.745. The number of aryl methyl sites for hydroxylation is 1. The Balaban J connectivity index is 2.46. The molecule has 0 N–H and O–H groups in total. The lowest BCUT2D eigenvalue weighted by Crippen LogP contribution is -1.95. The van der Waals surface area contributed by atoms with Crippen LogP contribution in [0.4, 0.5) is 0 Å². The van der Waals surface area contributed by atoms with E-state index in [1.165, 1.54) is 29.3 Å². The number of nitrogens with zero attached hydrogens (tertiary/aromatic N) is 2. The van der Waals surface area contributed by atoms with Crippen LogP contribution < -0.4 is 0 Å². The predicted octanol–water partition coefficient (Wildman–Crippen LogP) is 3.48. The van der Waals surface area contributed by atoms with Crippen LogP contribution >= 0.6 is 0 Å². The summed E-state index contributed by atoms with van der Waals surface area (Å²) in [6, 6.07) is 6.69. The zero-order valence-corrected chi connectivity index (χ0v) is 9.70. The van der Waals surface area contributed by atoms with Gasteiger partial charge >= 0.3 is 0 Å². The molecule has 0 aliphatic carbocycles. The number of rotatable bonds is 3. The van der Waals surface area contributed by atoms with Crippen LogP contribution in [-0.2, 0) is 7.05 Å². The van der Waals surface area contributed by atoms with Crippen molar-refractivity contribution in [1.82, 2.24) is 9.78 Å². The molecule has 15 heavy (non-hydrogen) atoms. The lowest BCUT2D eigenvalue weighted by atomic mass is 9.93. The van der Waals surface area contributed by atoms with E-state index in [1.807, 2.05) is 17.9 Å². The molecular weight excluding hydrogens is 184 g/mol. The molecule has 0 unspecified atom stereocenters. The fourth-order valence-corrected chi connectivity index (χ4v) is 2.20. The SMILES string of the molecule is CCC(CC)c1ccc2c(cnn2C)c1. The molecule has 0 aliphatic heterocycles. The van der Waals surface area contributed by atoms with Gasteiger partial charge in [0.25, 0.3) is 0 Å². The Labute approximate surface area is 90.9 Å². The first-order valence-corrected chi connectivity index (χ1v) is 5.68. The topological polar surface area (TPSA) is 17.8 Å². The maximum atomic E-state index is 4.26. The predicted molar refractivity (Wildman–Crippen MR) is 64.0 cm³/mol. The number of aromatic nitrogens is 2. The molecule has 1 aromatic carbocycles. The molecule has 0 aliphatic rings. The molecule has 1 heterocycles. The summed E-state index contributed by atoms with van der Waals surface area (Å²) in [6.45, 7) is 4.50. The maximum absolute atomic E-state index is 4.26. The zero-order chi connectivity index (χ0) is 10.8. The van der Waals surface area contributed by atoms with Crippen molar-refractivity contribution in [2.75, 3.05) is 0 Å². The van der Waals surface area contributed by atoms with Gasteiger partial charge < -0.3 is 0 Å². The van der Waals surface area contributed by atoms with Gasteiger partial charge in [0, 0.05) is 12.4 Å². The normalized spacial score (nSPS) is 11.5. The number of fused-ring (bicyclic) bond motifs is 1. The second-order valence-corrected chi connectivity index (χ2v) is 4.10. The molecule has 2 heteroatoms. The Hall–Kier alpha value is -1.31. The van der Waals surface area contributed by atoms with Gasteiger partial charge in [-0.2, -0.15) is 5.10 Å². The largest absolute Gasteiger partial charge is 0.268 e. The summed E-state index contributed by atoms with van der Waals surface area (Å²) in [7, 11) is 1.99. The fourth-order valence-electron chi connectivity index (χ4n) is 2.20. The van der Waals surface area contributed by atoms with E-state index in [1.54, 1.807) is 0 Å². The molecule has 0 atom stereocenters. The highest BCUT2D eigenvalue weighted by Gasteiger charge is 2.08. The van der Waals surface area contributed by atoms with Crippen LogP contribution in [0.1, 0.15) is 38.2 Å². The second kappa shape index (κ2) is 4.05. The zero-order valence-electron chi connectivity index (χ0n) is 9.70. The minimum absolute atomic E-state index is 0.689. The van der Waals surface area contributed by atoms with Gasteiger partial charge in [0.05, 0.1) is 11.7 Å². The standard InChI is InChI=1S/C13H18N2/c1-4-10(5-2)11-6-7-13-12(8-11)9-14-15(13)3/h6-10H,4-5H2,1-3H3. The first kappa shape index (κ1) is 10.2. The molecule has 2 aromatic rings. The fraction of sp³-hybridized carbons (Fsp3) is 0.462. The van der Waals surface area contributed by atoms with E-state index in [0.29, 0.717) is 5.92 Å². The van der Waals surface area contributed by atoms with E-state index < -0.39 is 0 Å². The highest BCUT2D eigenvalue weighted by atomic mass is 15.2. The molecule has 0 saturated carbocycles. The molecule has 0 saturated heterocycles. The summed E-state index contributed by atoms with van der Waals surface area (Å²) >= 11 is 0. The van der Waals surface area contributed by atoms with Gasteiger partial charge in [0.15, 0.2) is 0 Å². The summed E-state index contributed by atoms with van der Waals surface area (Å²) in [5.41, 5.74) is 2.66. The van der Waals surface area contributed by atoms with Gasteiger partial charge in [-0.1, -0.05) is 19.9 Å². The Morgan fingerprint density at radius 3 is 2.67 bits per heavy atom. The Morgan fingerprint density at radius 1 is 1.27 bits per heavy atom. The Bertz CT molecular complexity index is 453. The molecule has 1 aromatic heterocycles. The van der Waals surface area contributed by atoms with Crippen LogP contribution in [0.3, 0.4) is 0 Å². The Morgan fingerprint density at radius 2 is 2.00 bits per heavy atom. The van der Waals surface area contributed by atoms with Crippen molar-refractivity contribution in [1.29, 1.82) is 0 Å². The van der Waals surface area contributed by atoms with Gasteiger partial charge in [-0.3, -0.25) is 4.68 Å². The highest BCUT2D eigenvalue weighted by Crippen LogP contribution is 2.25. The van der Waals surface area contributed by atoms with E-state index in [2.05, 4.69) is 37.1 Å². The third-order valence-electron chi connectivity index (χ3n) is 3.23. The van der Waals surface area contributed by atoms with E-state index in [-0.39, 0.29) is 0 Å². The minimum atomic E-state index is 0.689. The number of hydrogen-bond donors (Lipinski definition) is 0. The van der Waals surface area contributed by atoms with Gasteiger partial charge in [-0.05, 0) is 36.5 Å². The highest BCUT2D eigenvalue weighted by molar-refractivity contribution is 5.79. The molecular formula is C13H18N2. The van der Waals surface area contributed by atoms with Crippen molar-refractivity contribution in [3.63, 3.8) is 0 Å². The van der Waals surface area contributed by atoms with E-state index >= 15 is 0 Å². The maximum Gasteiger partial charge on any atom is 0.0679 e. The van der Waals surface area contributed by atoms with Gasteiger partial charge in [-0.25, -0.2) is 0 Å². The van der Waals surface area contributed by atoms with Crippen molar-refractivity contribution in [3.05, 3.63) is 30.0 Å². The summed E-state index contributed by atoms with van der Waals surface area (Å²) in [5.74, 6) is 0.689. The van der Waals surface area contributed by atoms with Crippen LogP contribution in [0.5, 0.6) is 0 Å². The van der Waals surface area contributed by atoms with E-state index in [9.17, 15) is 0 Å². The van der Waals surface area contributed by atoms with E-state index in [0.717, 1.165) is 0 Å². The molecule has 2 nitrogen and oxygen atoms in total. The molecule has 0 radical (unpaired) electrons. The molecule has 80 valence electrons. The smallest absolute Gasteiger partial charge is 0.0679 e. The van der Waals surface area contributed by atoms with Gasteiger partial charge in [0.1, 0.15) is 0 Å². The first-order chi connectivity index (χ1) is 7.26. The third kappa shape index (κ3) is 1.76. The van der Waals surface area contributed by atoms with Crippen LogP contribution in [0.2, 0.25) is 0 Å². The lowest BCUT2D eigenvalue weighted by Gasteiger charge is -2.12. The summed E-state index contributed by atoms with van der Waals surface area (Å²) in [6.07, 6.45) is 4.37. The average molecular weight is 202 g/mol. The van der Waals surface area contributed by atoms with Gasteiger partial charge in [0.2, 0.25) is 0 Å². The van der Waals surface area contributed by atoms with Crippen molar-refractivity contribution < 1.29 is 0 Å². The number of benzene rings is 1. The van der Waals surface area contributed by atoms with Crippen LogP contribution in [0.25, 0.3) is 10.9 Å². The molecule has 2 rings (SSSR count). The molecule has 0 spiro atoms. The van der Waals surface area contributed by atoms with Crippen molar-refractivity contribution in [2.45, 2.75) is 32.6 Å². The van der Waals surface area contributed by atoms with Crippen LogP contribution in [0.15, 0.2) is 24.4 Å². The minimum Gasteiger partial charge on any atom is -0.268 e. The molecule has 0 amide bonds. The summed E-state index contributed by atoms with van der Waals surface area (Å²) in [5, 5.41) is 5.52. The lowest BCUT2D eigenvalue weighted by molar-refractivity contribution is 0.642. The van der Waals surface area contributed by atoms with Crippen LogP contribution in [0, 0.1) is 0 Å². The van der Waals surface area contributed by atoms with Crippen molar-refractivity contribution in [2.24, 2.45) is 7.05 Å². The monoisotopic (exact) mass is 202 g/mol. The molecule has 0 bridgehead atoms. The summed E-state index contributed by atoms with van der Waals surface area (Å²) < 4.78 is 1.92. The van der Waals surface area contributed by atoms with Crippen LogP contribution in [-0.4, -0.2) is 9.78 Å². The first-order valence-electron chi connectivity index (χ1n) is 5.68. The van der Waals surface area contributed by atoms with E-state index in [4.69, 9.17) is 0 Å².